The zero-order chi connectivity index (χ0) is 13.3. The Balaban J connectivity index is 2.39. The smallest absolute Gasteiger partial charge is 0.0972 e. The van der Waals surface area contributed by atoms with E-state index in [0.29, 0.717) is 5.88 Å². The van der Waals surface area contributed by atoms with Crippen LogP contribution in [0.2, 0.25) is 0 Å². The Labute approximate surface area is 118 Å². The molecule has 0 aliphatic rings. The molecule has 0 saturated heterocycles. The summed E-state index contributed by atoms with van der Waals surface area (Å²) in [6.45, 7) is 8.76. The van der Waals surface area contributed by atoms with Crippen LogP contribution in [0, 0.1) is 27.7 Å². The highest BCUT2D eigenvalue weighted by molar-refractivity contribution is 7.09. The molecule has 0 unspecified atom stereocenters. The number of hydrogen-bond acceptors (Lipinski definition) is 2. The largest absolute Gasteiger partial charge is 0.245 e. The molecular formula is C15H18ClNS. The van der Waals surface area contributed by atoms with Crippen LogP contribution in [0.1, 0.15) is 38.5 Å². The molecule has 1 aromatic heterocycles. The fourth-order valence-electron chi connectivity index (χ4n) is 2.21. The lowest BCUT2D eigenvalue weighted by Crippen LogP contribution is -2.00. The highest BCUT2D eigenvalue weighted by atomic mass is 35.5. The van der Waals surface area contributed by atoms with Gasteiger partial charge in [0.1, 0.15) is 0 Å². The molecule has 0 fully saturated rings. The summed E-state index contributed by atoms with van der Waals surface area (Å²) in [5, 5.41) is 3.21. The van der Waals surface area contributed by atoms with Crippen LogP contribution in [0.5, 0.6) is 0 Å². The van der Waals surface area contributed by atoms with Crippen molar-refractivity contribution in [3.05, 3.63) is 50.0 Å². The third-order valence-electron chi connectivity index (χ3n) is 3.59. The number of hydrogen-bond donors (Lipinski definition) is 0. The molecule has 18 heavy (non-hydrogen) atoms. The minimum atomic E-state index is 0.501. The second kappa shape index (κ2) is 5.41. The fourth-order valence-corrected chi connectivity index (χ4v) is 3.24. The first-order valence-corrected chi connectivity index (χ1v) is 7.50. The van der Waals surface area contributed by atoms with E-state index in [4.69, 9.17) is 11.6 Å². The Morgan fingerprint density at radius 2 is 1.72 bits per heavy atom. The van der Waals surface area contributed by atoms with E-state index in [2.05, 4.69) is 44.1 Å². The van der Waals surface area contributed by atoms with Gasteiger partial charge in [0.15, 0.2) is 0 Å². The second-order valence-corrected chi connectivity index (χ2v) is 5.99. The van der Waals surface area contributed by atoms with Gasteiger partial charge in [0.25, 0.3) is 0 Å². The fraction of sp³-hybridized carbons (Fsp3) is 0.400. The quantitative estimate of drug-likeness (QED) is 0.742. The molecular weight excluding hydrogens is 262 g/mol. The molecule has 0 N–H and O–H groups in total. The van der Waals surface area contributed by atoms with Gasteiger partial charge in [-0.3, -0.25) is 0 Å². The van der Waals surface area contributed by atoms with Gasteiger partial charge in [0.2, 0.25) is 0 Å². The van der Waals surface area contributed by atoms with Crippen molar-refractivity contribution in [1.29, 1.82) is 0 Å². The van der Waals surface area contributed by atoms with Crippen molar-refractivity contribution < 1.29 is 0 Å². The van der Waals surface area contributed by atoms with Crippen molar-refractivity contribution in [3.8, 4) is 0 Å². The van der Waals surface area contributed by atoms with Crippen LogP contribution in [0.3, 0.4) is 0 Å². The Bertz CT molecular complexity index is 546. The average molecular weight is 280 g/mol. The van der Waals surface area contributed by atoms with Crippen LogP contribution in [0.4, 0.5) is 0 Å². The number of nitrogens with zero attached hydrogens (tertiary/aromatic N) is 1. The van der Waals surface area contributed by atoms with Crippen molar-refractivity contribution >= 4 is 22.9 Å². The summed E-state index contributed by atoms with van der Waals surface area (Å²) < 4.78 is 0. The van der Waals surface area contributed by atoms with E-state index in [0.717, 1.165) is 17.1 Å². The highest BCUT2D eigenvalue weighted by Crippen LogP contribution is 2.25. The van der Waals surface area contributed by atoms with Crippen LogP contribution < -0.4 is 0 Å². The van der Waals surface area contributed by atoms with Gasteiger partial charge in [-0.1, -0.05) is 6.07 Å². The second-order valence-electron chi connectivity index (χ2n) is 4.78. The molecule has 0 amide bonds. The molecule has 0 radical (unpaired) electrons. The maximum atomic E-state index is 5.80. The summed E-state index contributed by atoms with van der Waals surface area (Å²) in [5.41, 5.74) is 7.91. The van der Waals surface area contributed by atoms with E-state index in [1.807, 2.05) is 0 Å². The van der Waals surface area contributed by atoms with Crippen LogP contribution in [-0.2, 0) is 12.3 Å². The van der Waals surface area contributed by atoms with Gasteiger partial charge in [0, 0.05) is 11.8 Å². The topological polar surface area (TPSA) is 12.9 Å². The number of aryl methyl sites for hydroxylation is 2. The summed E-state index contributed by atoms with van der Waals surface area (Å²) >= 11 is 7.50. The van der Waals surface area contributed by atoms with Crippen LogP contribution in [-0.4, -0.2) is 4.98 Å². The number of rotatable bonds is 3. The molecule has 0 saturated carbocycles. The molecule has 1 nitrogen and oxygen atoms in total. The molecule has 0 atom stereocenters. The summed E-state index contributed by atoms with van der Waals surface area (Å²) in [4.78, 5) is 4.55. The summed E-state index contributed by atoms with van der Waals surface area (Å²) in [6.07, 6.45) is 0.918. The molecule has 0 bridgehead atoms. The van der Waals surface area contributed by atoms with Gasteiger partial charge < -0.3 is 0 Å². The molecule has 1 heterocycles. The predicted octanol–water partition coefficient (Wildman–Crippen LogP) is 4.71. The summed E-state index contributed by atoms with van der Waals surface area (Å²) in [5.74, 6) is 0.501. The van der Waals surface area contributed by atoms with Gasteiger partial charge in [0.05, 0.1) is 16.6 Å². The first kappa shape index (κ1) is 13.6. The number of thiazole rings is 1. The molecule has 0 aliphatic carbocycles. The number of halogens is 1. The van der Waals surface area contributed by atoms with Gasteiger partial charge in [-0.15, -0.1) is 22.9 Å². The van der Waals surface area contributed by atoms with Crippen LogP contribution in [0.15, 0.2) is 11.4 Å². The normalized spacial score (nSPS) is 10.9. The van der Waals surface area contributed by atoms with Crippen molar-refractivity contribution in [2.45, 2.75) is 40.0 Å². The van der Waals surface area contributed by atoms with Gasteiger partial charge in [-0.25, -0.2) is 4.98 Å². The zero-order valence-corrected chi connectivity index (χ0v) is 12.9. The highest BCUT2D eigenvalue weighted by Gasteiger charge is 2.11. The first-order valence-electron chi connectivity index (χ1n) is 6.08. The lowest BCUT2D eigenvalue weighted by atomic mass is 9.92. The zero-order valence-electron chi connectivity index (χ0n) is 11.3. The summed E-state index contributed by atoms with van der Waals surface area (Å²) in [7, 11) is 0. The van der Waals surface area contributed by atoms with Gasteiger partial charge in [-0.2, -0.15) is 0 Å². The van der Waals surface area contributed by atoms with E-state index >= 15 is 0 Å². The summed E-state index contributed by atoms with van der Waals surface area (Å²) in [6, 6.07) is 2.26. The predicted molar refractivity (Wildman–Crippen MR) is 79.9 cm³/mol. The molecule has 0 spiro atoms. The number of alkyl halides is 1. The molecule has 2 rings (SSSR count). The monoisotopic (exact) mass is 279 g/mol. The molecule has 3 heteroatoms. The Morgan fingerprint density at radius 1 is 1.11 bits per heavy atom. The standard InChI is InChI=1S/C15H18ClNS/c1-9-5-10(2)12(4)14(11(9)3)6-15-17-13(7-16)8-18-15/h5,8H,6-7H2,1-4H3. The molecule has 1 aromatic carbocycles. The average Bonchev–Trinajstić information content (AvgIpc) is 2.80. The third kappa shape index (κ3) is 2.60. The Morgan fingerprint density at radius 3 is 2.22 bits per heavy atom. The van der Waals surface area contributed by atoms with Crippen LogP contribution in [0.25, 0.3) is 0 Å². The maximum Gasteiger partial charge on any atom is 0.0972 e. The minimum absolute atomic E-state index is 0.501. The lowest BCUT2D eigenvalue weighted by Gasteiger charge is -2.14. The van der Waals surface area contributed by atoms with E-state index in [-0.39, 0.29) is 0 Å². The molecule has 96 valence electrons. The third-order valence-corrected chi connectivity index (χ3v) is 4.76. The minimum Gasteiger partial charge on any atom is -0.245 e. The van der Waals surface area contributed by atoms with Gasteiger partial charge in [-0.05, 0) is 55.5 Å². The van der Waals surface area contributed by atoms with Crippen molar-refractivity contribution in [2.75, 3.05) is 0 Å². The van der Waals surface area contributed by atoms with Crippen molar-refractivity contribution in [1.82, 2.24) is 4.98 Å². The maximum absolute atomic E-state index is 5.80. The van der Waals surface area contributed by atoms with E-state index in [1.165, 1.54) is 27.8 Å². The number of aromatic nitrogens is 1. The number of benzene rings is 1. The Kier molecular flexibility index (Phi) is 4.08. The lowest BCUT2D eigenvalue weighted by molar-refractivity contribution is 1.04. The van der Waals surface area contributed by atoms with E-state index in [9.17, 15) is 0 Å². The molecule has 2 aromatic rings. The Hall–Kier alpha value is -0.860. The van der Waals surface area contributed by atoms with Crippen LogP contribution >= 0.6 is 22.9 Å². The van der Waals surface area contributed by atoms with Crippen molar-refractivity contribution in [3.63, 3.8) is 0 Å². The molecule has 0 aliphatic heterocycles. The first-order chi connectivity index (χ1) is 8.52. The van der Waals surface area contributed by atoms with Gasteiger partial charge >= 0.3 is 0 Å². The van der Waals surface area contributed by atoms with E-state index < -0.39 is 0 Å². The SMILES string of the molecule is Cc1cc(C)c(C)c(Cc2nc(CCl)cs2)c1C. The van der Waals surface area contributed by atoms with Crippen molar-refractivity contribution in [2.24, 2.45) is 0 Å². The van der Waals surface area contributed by atoms with E-state index in [1.54, 1.807) is 11.3 Å².